The average Bonchev–Trinajstić information content (AvgIpc) is 3.27. The van der Waals surface area contributed by atoms with Gasteiger partial charge in [0.1, 0.15) is 0 Å². The van der Waals surface area contributed by atoms with Crippen molar-refractivity contribution in [2.24, 2.45) is 0 Å². The van der Waals surface area contributed by atoms with Crippen molar-refractivity contribution in [1.82, 2.24) is 14.6 Å². The van der Waals surface area contributed by atoms with Crippen LogP contribution in [-0.4, -0.2) is 20.4 Å². The Morgan fingerprint density at radius 2 is 2.19 bits per heavy atom. The number of benzene rings is 1. The van der Waals surface area contributed by atoms with Crippen molar-refractivity contribution in [3.05, 3.63) is 77.8 Å². The smallest absolute Gasteiger partial charge is 0.159 e. The van der Waals surface area contributed by atoms with Gasteiger partial charge in [-0.25, -0.2) is 9.50 Å². The van der Waals surface area contributed by atoms with E-state index in [9.17, 15) is 4.79 Å². The molecule has 1 aliphatic carbocycles. The van der Waals surface area contributed by atoms with E-state index in [0.29, 0.717) is 5.92 Å². The third-order valence-electron chi connectivity index (χ3n) is 5.20. The second-order valence-corrected chi connectivity index (χ2v) is 6.88. The van der Waals surface area contributed by atoms with Crippen LogP contribution in [0.3, 0.4) is 0 Å². The highest BCUT2D eigenvalue weighted by Gasteiger charge is 2.24. The van der Waals surface area contributed by atoms with Crippen LogP contribution in [0.4, 0.5) is 0 Å². The summed E-state index contributed by atoms with van der Waals surface area (Å²) in [4.78, 5) is 16.3. The number of aromatic nitrogens is 3. The molecule has 130 valence electrons. The minimum absolute atomic E-state index is 0.121. The number of carbonyl (C=O) groups excluding carboxylic acids is 1. The molecule has 0 radical (unpaired) electrons. The Bertz CT molecular complexity index is 1040. The lowest BCUT2D eigenvalue weighted by Gasteiger charge is -2.14. The molecule has 0 amide bonds. The van der Waals surface area contributed by atoms with Crippen molar-refractivity contribution >= 4 is 23.1 Å². The highest BCUT2D eigenvalue weighted by molar-refractivity contribution is 5.94. The van der Waals surface area contributed by atoms with Gasteiger partial charge in [-0.2, -0.15) is 5.10 Å². The molecule has 26 heavy (non-hydrogen) atoms. The summed E-state index contributed by atoms with van der Waals surface area (Å²) in [6, 6.07) is 9.98. The molecule has 4 rings (SSSR count). The zero-order valence-corrected chi connectivity index (χ0v) is 14.9. The van der Waals surface area contributed by atoms with Gasteiger partial charge in [0.2, 0.25) is 0 Å². The van der Waals surface area contributed by atoms with Gasteiger partial charge in [-0.05, 0) is 67.0 Å². The largest absolute Gasteiger partial charge is 0.295 e. The van der Waals surface area contributed by atoms with Gasteiger partial charge in [0.25, 0.3) is 0 Å². The predicted molar refractivity (Wildman–Crippen MR) is 104 cm³/mol. The molecule has 0 unspecified atom stereocenters. The molecule has 1 aromatic carbocycles. The van der Waals surface area contributed by atoms with Gasteiger partial charge in [-0.1, -0.05) is 25.3 Å². The van der Waals surface area contributed by atoms with Crippen LogP contribution in [0.5, 0.6) is 0 Å². The summed E-state index contributed by atoms with van der Waals surface area (Å²) in [6.45, 7) is 9.78. The van der Waals surface area contributed by atoms with Crippen LogP contribution in [0.25, 0.3) is 17.3 Å². The van der Waals surface area contributed by atoms with Crippen LogP contribution in [-0.2, 0) is 6.42 Å². The first kappa shape index (κ1) is 16.5. The highest BCUT2D eigenvalue weighted by Crippen LogP contribution is 2.39. The molecule has 0 bridgehead atoms. The predicted octanol–water partition coefficient (Wildman–Crippen LogP) is 4.71. The number of carbonyl (C=O) groups is 1. The minimum atomic E-state index is 0.121. The van der Waals surface area contributed by atoms with Gasteiger partial charge in [0, 0.05) is 11.6 Å². The number of aryl methyl sites for hydroxylation is 1. The van der Waals surface area contributed by atoms with Crippen LogP contribution in [0.15, 0.2) is 49.7 Å². The molecule has 0 aliphatic heterocycles. The van der Waals surface area contributed by atoms with E-state index in [0.717, 1.165) is 47.4 Å². The molecular weight excluding hydrogens is 322 g/mol. The Balaban J connectivity index is 1.60. The van der Waals surface area contributed by atoms with E-state index >= 15 is 0 Å². The first-order chi connectivity index (χ1) is 12.6. The molecule has 2 aromatic heterocycles. The quantitative estimate of drug-likeness (QED) is 0.630. The van der Waals surface area contributed by atoms with E-state index in [4.69, 9.17) is 0 Å². The van der Waals surface area contributed by atoms with E-state index in [-0.39, 0.29) is 5.78 Å². The average molecular weight is 343 g/mol. The Labute approximate surface area is 152 Å². The molecule has 1 aliphatic rings. The Morgan fingerprint density at radius 1 is 1.35 bits per heavy atom. The maximum absolute atomic E-state index is 11.6. The Kier molecular flexibility index (Phi) is 4.03. The van der Waals surface area contributed by atoms with Gasteiger partial charge in [0.15, 0.2) is 11.4 Å². The van der Waals surface area contributed by atoms with Crippen molar-refractivity contribution in [3.8, 4) is 0 Å². The third kappa shape index (κ3) is 2.77. The summed E-state index contributed by atoms with van der Waals surface area (Å²) in [5, 5.41) is 4.27. The molecule has 0 saturated carbocycles. The number of hydrogen-bond donors (Lipinski definition) is 0. The SMILES string of the molecule is C=Cc1cc(C(=C)C[C@@H]2CCc3cc(C(C)=O)ccc32)nc2ccnn12. The molecule has 4 heteroatoms. The van der Waals surface area contributed by atoms with Gasteiger partial charge < -0.3 is 0 Å². The second-order valence-electron chi connectivity index (χ2n) is 6.88. The molecule has 0 saturated heterocycles. The number of ketones is 1. The summed E-state index contributed by atoms with van der Waals surface area (Å²) < 4.78 is 1.78. The van der Waals surface area contributed by atoms with Crippen molar-refractivity contribution in [3.63, 3.8) is 0 Å². The standard InChI is InChI=1S/C22H21N3O/c1-4-19-13-21(24-22-9-10-23-25(19)22)14(2)11-17-5-6-18-12-16(15(3)26)7-8-20(17)18/h4,7-10,12-13,17H,1-2,5-6,11H2,3H3/t17-/m0/s1. The zero-order chi connectivity index (χ0) is 18.3. The molecule has 0 N–H and O–H groups in total. The molecule has 3 aromatic rings. The number of hydrogen-bond acceptors (Lipinski definition) is 3. The van der Waals surface area contributed by atoms with E-state index in [1.165, 1.54) is 11.1 Å². The summed E-state index contributed by atoms with van der Waals surface area (Å²) >= 11 is 0. The number of fused-ring (bicyclic) bond motifs is 2. The van der Waals surface area contributed by atoms with Gasteiger partial charge in [0.05, 0.1) is 17.6 Å². The van der Waals surface area contributed by atoms with Gasteiger partial charge in [-0.15, -0.1) is 0 Å². The topological polar surface area (TPSA) is 47.3 Å². The summed E-state index contributed by atoms with van der Waals surface area (Å²) in [6.07, 6.45) is 6.48. The van der Waals surface area contributed by atoms with Gasteiger partial charge >= 0.3 is 0 Å². The molecule has 0 fully saturated rings. The summed E-state index contributed by atoms with van der Waals surface area (Å²) in [5.41, 5.74) is 7.05. The molecule has 2 heterocycles. The fraction of sp³-hybridized carbons (Fsp3) is 0.227. The number of rotatable bonds is 5. The van der Waals surface area contributed by atoms with Crippen molar-refractivity contribution in [2.75, 3.05) is 0 Å². The Hall–Kier alpha value is -3.01. The highest BCUT2D eigenvalue weighted by atomic mass is 16.1. The van der Waals surface area contributed by atoms with Crippen molar-refractivity contribution in [1.29, 1.82) is 0 Å². The molecule has 4 nitrogen and oxygen atoms in total. The maximum Gasteiger partial charge on any atom is 0.159 e. The lowest BCUT2D eigenvalue weighted by atomic mass is 9.92. The zero-order valence-electron chi connectivity index (χ0n) is 14.9. The van der Waals surface area contributed by atoms with Crippen molar-refractivity contribution in [2.45, 2.75) is 32.1 Å². The number of nitrogens with zero attached hydrogens (tertiary/aromatic N) is 3. The van der Waals surface area contributed by atoms with Crippen LogP contribution in [0, 0.1) is 0 Å². The first-order valence-electron chi connectivity index (χ1n) is 8.86. The fourth-order valence-corrected chi connectivity index (χ4v) is 3.80. The fourth-order valence-electron chi connectivity index (χ4n) is 3.80. The molecular formula is C22H21N3O. The van der Waals surface area contributed by atoms with Crippen LogP contribution in [0.2, 0.25) is 0 Å². The molecule has 1 atom stereocenters. The van der Waals surface area contributed by atoms with E-state index in [1.807, 2.05) is 24.3 Å². The number of allylic oxidation sites excluding steroid dienone is 1. The minimum Gasteiger partial charge on any atom is -0.295 e. The third-order valence-corrected chi connectivity index (χ3v) is 5.20. The maximum atomic E-state index is 11.6. The van der Waals surface area contributed by atoms with Crippen molar-refractivity contribution < 1.29 is 4.79 Å². The summed E-state index contributed by atoms with van der Waals surface area (Å²) in [7, 11) is 0. The van der Waals surface area contributed by atoms with Crippen LogP contribution < -0.4 is 0 Å². The first-order valence-corrected chi connectivity index (χ1v) is 8.86. The number of Topliss-reactive ketones (excluding diaryl/α,β-unsaturated/α-hetero) is 1. The van der Waals surface area contributed by atoms with Crippen LogP contribution >= 0.6 is 0 Å². The Morgan fingerprint density at radius 3 is 2.96 bits per heavy atom. The summed E-state index contributed by atoms with van der Waals surface area (Å²) in [5.74, 6) is 0.546. The molecule has 0 spiro atoms. The lowest BCUT2D eigenvalue weighted by molar-refractivity contribution is 0.101. The van der Waals surface area contributed by atoms with E-state index < -0.39 is 0 Å². The van der Waals surface area contributed by atoms with E-state index in [2.05, 4.69) is 29.3 Å². The van der Waals surface area contributed by atoms with Gasteiger partial charge in [-0.3, -0.25) is 4.79 Å². The normalized spacial score (nSPS) is 15.8. The van der Waals surface area contributed by atoms with E-state index in [1.54, 1.807) is 23.7 Å². The van der Waals surface area contributed by atoms with Crippen LogP contribution in [0.1, 0.15) is 58.6 Å². The monoisotopic (exact) mass is 343 g/mol. The second kappa shape index (κ2) is 6.37. The lowest BCUT2D eigenvalue weighted by Crippen LogP contribution is -2.02.